The van der Waals surface area contributed by atoms with Crippen molar-refractivity contribution < 1.29 is 4.79 Å². The number of hydrogen-bond donors (Lipinski definition) is 1. The van der Waals surface area contributed by atoms with Crippen molar-refractivity contribution in [1.29, 1.82) is 5.26 Å². The fourth-order valence-electron chi connectivity index (χ4n) is 0.936. The molecular formula is C9H4Br2Cl2N2O. The molecule has 1 aromatic carbocycles. The van der Waals surface area contributed by atoms with Crippen LogP contribution in [0.4, 0.5) is 5.69 Å². The fourth-order valence-corrected chi connectivity index (χ4v) is 2.80. The molecule has 1 amide bonds. The minimum absolute atomic E-state index is 0.240. The highest BCUT2D eigenvalue weighted by atomic mass is 79.9. The second kappa shape index (κ2) is 5.87. The van der Waals surface area contributed by atoms with E-state index in [1.807, 2.05) is 0 Å². The second-order valence-corrected chi connectivity index (χ2v) is 5.16. The van der Waals surface area contributed by atoms with E-state index >= 15 is 0 Å². The molecule has 0 unspecified atom stereocenters. The molecule has 1 rings (SSSR count). The molecule has 7 heteroatoms. The normalized spacial score (nSPS) is 9.69. The lowest BCUT2D eigenvalue weighted by Gasteiger charge is -2.10. The molecule has 0 aromatic heterocycles. The van der Waals surface area contributed by atoms with Crippen molar-refractivity contribution in [2.45, 2.75) is 6.42 Å². The predicted octanol–water partition coefficient (Wildman–Crippen LogP) is 4.37. The smallest absolute Gasteiger partial charge is 0.238 e. The first-order chi connectivity index (χ1) is 7.47. The Hall–Kier alpha value is -0.280. The van der Waals surface area contributed by atoms with Crippen LogP contribution in [-0.2, 0) is 4.79 Å². The molecule has 16 heavy (non-hydrogen) atoms. The molecule has 0 spiro atoms. The van der Waals surface area contributed by atoms with Crippen molar-refractivity contribution in [3.05, 3.63) is 25.1 Å². The molecule has 1 aromatic rings. The van der Waals surface area contributed by atoms with E-state index in [4.69, 9.17) is 28.5 Å². The van der Waals surface area contributed by atoms with Crippen molar-refractivity contribution in [2.75, 3.05) is 5.32 Å². The Balaban J connectivity index is 3.11. The Morgan fingerprint density at radius 2 is 2.12 bits per heavy atom. The Bertz CT molecular complexity index is 485. The maximum Gasteiger partial charge on any atom is 0.238 e. The van der Waals surface area contributed by atoms with E-state index in [-0.39, 0.29) is 6.42 Å². The van der Waals surface area contributed by atoms with Crippen LogP contribution in [-0.4, -0.2) is 5.91 Å². The van der Waals surface area contributed by atoms with Gasteiger partial charge in [-0.25, -0.2) is 0 Å². The van der Waals surface area contributed by atoms with Gasteiger partial charge in [-0.3, -0.25) is 4.79 Å². The predicted molar refractivity (Wildman–Crippen MR) is 70.7 cm³/mol. The number of rotatable bonds is 2. The fraction of sp³-hybridized carbons (Fsp3) is 0.111. The summed E-state index contributed by atoms with van der Waals surface area (Å²) in [6, 6.07) is 3.31. The molecule has 1 N–H and O–H groups in total. The van der Waals surface area contributed by atoms with Gasteiger partial charge in [0.1, 0.15) is 6.42 Å². The van der Waals surface area contributed by atoms with Crippen LogP contribution in [0, 0.1) is 11.3 Å². The number of amides is 1. The minimum atomic E-state index is -0.441. The lowest BCUT2D eigenvalue weighted by molar-refractivity contribution is -0.115. The summed E-state index contributed by atoms with van der Waals surface area (Å²) in [5, 5.41) is 11.6. The Morgan fingerprint density at radius 1 is 1.50 bits per heavy atom. The molecule has 0 aliphatic carbocycles. The first-order valence-corrected chi connectivity index (χ1v) is 6.31. The van der Waals surface area contributed by atoms with Gasteiger partial charge >= 0.3 is 0 Å². The quantitative estimate of drug-likeness (QED) is 0.606. The molecule has 0 aliphatic rings. The van der Waals surface area contributed by atoms with Crippen molar-refractivity contribution in [2.24, 2.45) is 0 Å². The molecule has 0 saturated carbocycles. The zero-order valence-electron chi connectivity index (χ0n) is 7.65. The van der Waals surface area contributed by atoms with Gasteiger partial charge in [0, 0.05) is 4.47 Å². The van der Waals surface area contributed by atoms with E-state index in [1.165, 1.54) is 0 Å². The van der Waals surface area contributed by atoms with E-state index in [2.05, 4.69) is 37.2 Å². The van der Waals surface area contributed by atoms with Gasteiger partial charge in [0.2, 0.25) is 5.91 Å². The topological polar surface area (TPSA) is 52.9 Å². The van der Waals surface area contributed by atoms with Crippen LogP contribution < -0.4 is 5.32 Å². The number of nitrogens with one attached hydrogen (secondary N) is 1. The Morgan fingerprint density at radius 3 is 2.69 bits per heavy atom. The van der Waals surface area contributed by atoms with Gasteiger partial charge in [-0.05, 0) is 37.9 Å². The number of benzene rings is 1. The van der Waals surface area contributed by atoms with Crippen molar-refractivity contribution in [3.8, 4) is 6.07 Å². The summed E-state index contributed by atoms with van der Waals surface area (Å²) in [7, 11) is 0. The van der Waals surface area contributed by atoms with Crippen LogP contribution in [0.5, 0.6) is 0 Å². The molecule has 0 saturated heterocycles. The van der Waals surface area contributed by atoms with Crippen molar-refractivity contribution in [3.63, 3.8) is 0 Å². The number of anilines is 1. The van der Waals surface area contributed by atoms with Gasteiger partial charge in [0.25, 0.3) is 0 Å². The highest BCUT2D eigenvalue weighted by molar-refractivity contribution is 9.11. The molecule has 0 radical (unpaired) electrons. The minimum Gasteiger partial charge on any atom is -0.323 e. The summed E-state index contributed by atoms with van der Waals surface area (Å²) in [4.78, 5) is 11.2. The van der Waals surface area contributed by atoms with Crippen LogP contribution in [0.25, 0.3) is 0 Å². The van der Waals surface area contributed by atoms with Gasteiger partial charge in [-0.15, -0.1) is 0 Å². The molecule has 0 bridgehead atoms. The highest BCUT2D eigenvalue weighted by Crippen LogP contribution is 2.41. The highest BCUT2D eigenvalue weighted by Gasteiger charge is 2.14. The van der Waals surface area contributed by atoms with Crippen molar-refractivity contribution in [1.82, 2.24) is 0 Å². The molecule has 0 heterocycles. The van der Waals surface area contributed by atoms with Crippen molar-refractivity contribution >= 4 is 66.7 Å². The zero-order valence-corrected chi connectivity index (χ0v) is 12.3. The van der Waals surface area contributed by atoms with E-state index in [1.54, 1.807) is 12.1 Å². The standard InChI is InChI=1S/C9H4Br2Cl2N2O/c10-4-3-5(12)9(7(11)8(4)13)15-6(16)1-2-14/h3H,1H2,(H,15,16). The molecule has 0 fully saturated rings. The van der Waals surface area contributed by atoms with Crippen LogP contribution >= 0.6 is 55.1 Å². The van der Waals surface area contributed by atoms with Gasteiger partial charge in [-0.1, -0.05) is 23.2 Å². The number of nitrogens with zero attached hydrogens (tertiary/aromatic N) is 1. The SMILES string of the molecule is N#CCC(=O)Nc1c(Cl)cc(Br)c(Cl)c1Br. The first-order valence-electron chi connectivity index (χ1n) is 3.97. The van der Waals surface area contributed by atoms with Crippen LogP contribution in [0.15, 0.2) is 15.0 Å². The van der Waals surface area contributed by atoms with Gasteiger partial charge in [0.15, 0.2) is 0 Å². The van der Waals surface area contributed by atoms with E-state index in [0.717, 1.165) is 0 Å². The van der Waals surface area contributed by atoms with Crippen LogP contribution in [0.3, 0.4) is 0 Å². The van der Waals surface area contributed by atoms with E-state index in [0.29, 0.717) is 24.7 Å². The maximum atomic E-state index is 11.2. The number of nitriles is 1. The third-order valence-corrected chi connectivity index (χ3v) is 4.18. The number of hydrogen-bond acceptors (Lipinski definition) is 2. The summed E-state index contributed by atoms with van der Waals surface area (Å²) in [6.07, 6.45) is -0.240. The summed E-state index contributed by atoms with van der Waals surface area (Å²) in [5.74, 6) is -0.441. The Kier molecular flexibility index (Phi) is 5.06. The van der Waals surface area contributed by atoms with Crippen LogP contribution in [0.2, 0.25) is 10.0 Å². The summed E-state index contributed by atoms with van der Waals surface area (Å²) >= 11 is 18.3. The second-order valence-electron chi connectivity index (χ2n) is 2.73. The van der Waals surface area contributed by atoms with E-state index < -0.39 is 5.91 Å². The third kappa shape index (κ3) is 3.11. The number of halogens is 4. The largest absolute Gasteiger partial charge is 0.323 e. The van der Waals surface area contributed by atoms with Gasteiger partial charge in [-0.2, -0.15) is 5.26 Å². The zero-order chi connectivity index (χ0) is 12.3. The Labute approximate surface area is 119 Å². The molecule has 3 nitrogen and oxygen atoms in total. The molecule has 84 valence electrons. The van der Waals surface area contributed by atoms with E-state index in [9.17, 15) is 4.79 Å². The lowest BCUT2D eigenvalue weighted by atomic mass is 10.3. The first kappa shape index (κ1) is 13.8. The molecule has 0 aliphatic heterocycles. The average Bonchev–Trinajstić information content (AvgIpc) is 2.22. The monoisotopic (exact) mass is 384 g/mol. The maximum absolute atomic E-state index is 11.2. The number of carbonyl (C=O) groups excluding carboxylic acids is 1. The molecular weight excluding hydrogens is 383 g/mol. The molecule has 0 atom stereocenters. The summed E-state index contributed by atoms with van der Waals surface area (Å²) in [5.41, 5.74) is 0.357. The summed E-state index contributed by atoms with van der Waals surface area (Å²) < 4.78 is 1.09. The lowest BCUT2D eigenvalue weighted by Crippen LogP contribution is -2.11. The number of carbonyl (C=O) groups is 1. The average molecular weight is 387 g/mol. The van der Waals surface area contributed by atoms with Crippen LogP contribution in [0.1, 0.15) is 6.42 Å². The van der Waals surface area contributed by atoms with Gasteiger partial charge < -0.3 is 5.32 Å². The summed E-state index contributed by atoms with van der Waals surface area (Å²) in [6.45, 7) is 0. The third-order valence-electron chi connectivity index (χ3n) is 1.62. The van der Waals surface area contributed by atoms with Gasteiger partial charge in [0.05, 0.1) is 26.3 Å².